The van der Waals surface area contributed by atoms with Crippen LogP contribution in [0.15, 0.2) is 60.0 Å². The lowest BCUT2D eigenvalue weighted by Crippen LogP contribution is -2.30. The largest absolute Gasteiger partial charge is 0.449 e. The van der Waals surface area contributed by atoms with Gasteiger partial charge in [0.1, 0.15) is 0 Å². The van der Waals surface area contributed by atoms with Crippen molar-refractivity contribution in [3.8, 4) is 11.3 Å². The third kappa shape index (κ3) is 5.40. The Labute approximate surface area is 172 Å². The molecule has 7 nitrogen and oxygen atoms in total. The second-order valence-corrected chi connectivity index (χ2v) is 6.99. The van der Waals surface area contributed by atoms with Gasteiger partial charge in [-0.05, 0) is 19.1 Å². The Balaban J connectivity index is 1.61. The zero-order valence-electron chi connectivity index (χ0n) is 15.8. The van der Waals surface area contributed by atoms with Crippen LogP contribution in [0.5, 0.6) is 0 Å². The summed E-state index contributed by atoms with van der Waals surface area (Å²) in [6, 6.07) is 16.4. The molecule has 0 aliphatic heterocycles. The maximum atomic E-state index is 12.5. The summed E-state index contributed by atoms with van der Waals surface area (Å²) in [7, 11) is 0. The van der Waals surface area contributed by atoms with Gasteiger partial charge in [-0.15, -0.1) is 11.3 Å². The number of nitrogens with zero attached hydrogens (tertiary/aromatic N) is 1. The van der Waals surface area contributed by atoms with E-state index in [0.717, 1.165) is 11.3 Å². The van der Waals surface area contributed by atoms with Crippen molar-refractivity contribution in [1.82, 2.24) is 4.98 Å². The van der Waals surface area contributed by atoms with Crippen molar-refractivity contribution in [3.05, 3.63) is 65.5 Å². The molecular formula is C21H21N3O4S. The number of aliphatic hydroxyl groups excluding tert-OH is 1. The molecule has 0 saturated carbocycles. The molecule has 1 heterocycles. The first-order valence-electron chi connectivity index (χ1n) is 9.05. The monoisotopic (exact) mass is 411 g/mol. The summed E-state index contributed by atoms with van der Waals surface area (Å²) in [4.78, 5) is 29.3. The van der Waals surface area contributed by atoms with Gasteiger partial charge < -0.3 is 15.2 Å². The predicted molar refractivity (Wildman–Crippen MR) is 113 cm³/mol. The number of hydrogen-bond donors (Lipinski definition) is 3. The van der Waals surface area contributed by atoms with Crippen LogP contribution in [-0.4, -0.2) is 41.2 Å². The maximum Gasteiger partial charge on any atom is 0.341 e. The number of benzene rings is 2. The third-order valence-corrected chi connectivity index (χ3v) is 4.79. The number of carbonyl (C=O) groups is 2. The van der Waals surface area contributed by atoms with E-state index in [-0.39, 0.29) is 6.61 Å². The molecule has 0 aliphatic rings. The summed E-state index contributed by atoms with van der Waals surface area (Å²) >= 11 is 1.30. The lowest BCUT2D eigenvalue weighted by atomic mass is 10.2. The van der Waals surface area contributed by atoms with Crippen LogP contribution in [-0.2, 0) is 9.53 Å². The van der Waals surface area contributed by atoms with E-state index >= 15 is 0 Å². The van der Waals surface area contributed by atoms with Crippen molar-refractivity contribution in [3.63, 3.8) is 0 Å². The molecule has 0 aliphatic carbocycles. The maximum absolute atomic E-state index is 12.5. The SMILES string of the molecule is CC(OC(=O)c1ccccc1NCCO)C(=O)Nc1nc(-c2ccccc2)cs1. The van der Waals surface area contributed by atoms with E-state index in [1.54, 1.807) is 24.3 Å². The molecule has 0 spiro atoms. The summed E-state index contributed by atoms with van der Waals surface area (Å²) in [5, 5.41) is 16.9. The van der Waals surface area contributed by atoms with Gasteiger partial charge in [0.05, 0.1) is 17.9 Å². The normalized spacial score (nSPS) is 11.5. The van der Waals surface area contributed by atoms with E-state index in [4.69, 9.17) is 9.84 Å². The molecule has 0 fully saturated rings. The minimum Gasteiger partial charge on any atom is -0.449 e. The zero-order valence-corrected chi connectivity index (χ0v) is 16.6. The Bertz CT molecular complexity index is 975. The van der Waals surface area contributed by atoms with Crippen molar-refractivity contribution in [2.75, 3.05) is 23.8 Å². The highest BCUT2D eigenvalue weighted by molar-refractivity contribution is 7.14. The number of aromatic nitrogens is 1. The molecular weight excluding hydrogens is 390 g/mol. The summed E-state index contributed by atoms with van der Waals surface area (Å²) in [5.74, 6) is -1.09. The van der Waals surface area contributed by atoms with E-state index in [1.165, 1.54) is 18.3 Å². The molecule has 3 rings (SSSR count). The zero-order chi connectivity index (χ0) is 20.6. The quantitative estimate of drug-likeness (QED) is 0.491. The molecule has 0 bridgehead atoms. The molecule has 1 unspecified atom stereocenters. The van der Waals surface area contributed by atoms with Crippen LogP contribution in [0.2, 0.25) is 0 Å². The number of aliphatic hydroxyl groups is 1. The Morgan fingerprint density at radius 2 is 1.86 bits per heavy atom. The molecule has 3 N–H and O–H groups in total. The summed E-state index contributed by atoms with van der Waals surface area (Å²) in [6.07, 6.45) is -1.00. The Hall–Kier alpha value is -3.23. The van der Waals surface area contributed by atoms with Gasteiger partial charge in [-0.3, -0.25) is 10.1 Å². The number of anilines is 2. The number of para-hydroxylation sites is 1. The molecule has 0 radical (unpaired) electrons. The first-order chi connectivity index (χ1) is 14.1. The van der Waals surface area contributed by atoms with Gasteiger partial charge in [-0.2, -0.15) is 0 Å². The highest BCUT2D eigenvalue weighted by Crippen LogP contribution is 2.25. The summed E-state index contributed by atoms with van der Waals surface area (Å²) < 4.78 is 5.31. The van der Waals surface area contributed by atoms with Gasteiger partial charge >= 0.3 is 5.97 Å². The van der Waals surface area contributed by atoms with Crippen molar-refractivity contribution in [2.45, 2.75) is 13.0 Å². The van der Waals surface area contributed by atoms with Gasteiger partial charge in [0, 0.05) is 23.2 Å². The van der Waals surface area contributed by atoms with E-state index in [9.17, 15) is 9.59 Å². The van der Waals surface area contributed by atoms with Crippen molar-refractivity contribution < 1.29 is 19.4 Å². The lowest BCUT2D eigenvalue weighted by Gasteiger charge is -2.15. The van der Waals surface area contributed by atoms with E-state index in [1.807, 2.05) is 35.7 Å². The smallest absolute Gasteiger partial charge is 0.341 e. The van der Waals surface area contributed by atoms with Crippen molar-refractivity contribution in [1.29, 1.82) is 0 Å². The van der Waals surface area contributed by atoms with Crippen molar-refractivity contribution >= 4 is 34.0 Å². The number of rotatable bonds is 8. The molecule has 0 saturated heterocycles. The topological polar surface area (TPSA) is 101 Å². The van der Waals surface area contributed by atoms with Crippen molar-refractivity contribution in [2.24, 2.45) is 0 Å². The second kappa shape index (κ2) is 9.81. The number of amides is 1. The first-order valence-corrected chi connectivity index (χ1v) is 9.93. The number of esters is 1. The van der Waals surface area contributed by atoms with Gasteiger partial charge in [0.2, 0.25) is 0 Å². The van der Waals surface area contributed by atoms with E-state index in [2.05, 4.69) is 15.6 Å². The van der Waals surface area contributed by atoms with E-state index < -0.39 is 18.0 Å². The average Bonchev–Trinajstić information content (AvgIpc) is 3.21. The Morgan fingerprint density at radius 3 is 2.62 bits per heavy atom. The third-order valence-electron chi connectivity index (χ3n) is 4.03. The molecule has 2 aromatic carbocycles. The standard InChI is InChI=1S/C21H21N3O4S/c1-14(28-20(27)16-9-5-6-10-17(16)22-11-12-25)19(26)24-21-23-18(13-29-21)15-7-3-2-4-8-15/h2-10,13-14,22,25H,11-12H2,1H3,(H,23,24,26). The summed E-state index contributed by atoms with van der Waals surface area (Å²) in [6.45, 7) is 1.73. The van der Waals surface area contributed by atoms with Crippen LogP contribution >= 0.6 is 11.3 Å². The van der Waals surface area contributed by atoms with Gasteiger partial charge in [0.15, 0.2) is 11.2 Å². The fraction of sp³-hybridized carbons (Fsp3) is 0.190. The highest BCUT2D eigenvalue weighted by atomic mass is 32.1. The Kier molecular flexibility index (Phi) is 6.94. The summed E-state index contributed by atoms with van der Waals surface area (Å²) in [5.41, 5.74) is 2.54. The van der Waals surface area contributed by atoms with Crippen LogP contribution in [0.4, 0.5) is 10.8 Å². The molecule has 1 atom stereocenters. The molecule has 8 heteroatoms. The van der Waals surface area contributed by atoms with Crippen LogP contribution in [0.3, 0.4) is 0 Å². The minimum atomic E-state index is -1.00. The average molecular weight is 411 g/mol. The number of carbonyl (C=O) groups excluding carboxylic acids is 2. The Morgan fingerprint density at radius 1 is 1.14 bits per heavy atom. The van der Waals surface area contributed by atoms with Crippen LogP contribution in [0.25, 0.3) is 11.3 Å². The fourth-order valence-electron chi connectivity index (χ4n) is 2.56. The van der Waals surface area contributed by atoms with Gasteiger partial charge in [-0.25, -0.2) is 9.78 Å². The molecule has 3 aromatic rings. The number of hydrogen-bond acceptors (Lipinski definition) is 7. The van der Waals surface area contributed by atoms with Gasteiger partial charge in [0.25, 0.3) is 5.91 Å². The number of nitrogens with one attached hydrogen (secondary N) is 2. The van der Waals surface area contributed by atoms with Crippen LogP contribution < -0.4 is 10.6 Å². The highest BCUT2D eigenvalue weighted by Gasteiger charge is 2.21. The van der Waals surface area contributed by atoms with Crippen LogP contribution in [0, 0.1) is 0 Å². The molecule has 150 valence electrons. The van der Waals surface area contributed by atoms with E-state index in [0.29, 0.717) is 22.9 Å². The van der Waals surface area contributed by atoms with Gasteiger partial charge in [-0.1, -0.05) is 42.5 Å². The lowest BCUT2D eigenvalue weighted by molar-refractivity contribution is -0.123. The number of ether oxygens (including phenoxy) is 1. The van der Waals surface area contributed by atoms with Crippen LogP contribution in [0.1, 0.15) is 17.3 Å². The fourth-order valence-corrected chi connectivity index (χ4v) is 3.29. The predicted octanol–water partition coefficient (Wildman–Crippen LogP) is 3.40. The molecule has 29 heavy (non-hydrogen) atoms. The molecule has 1 aromatic heterocycles. The number of thiazole rings is 1. The second-order valence-electron chi connectivity index (χ2n) is 6.14. The first kappa shape index (κ1) is 20.5. The molecule has 1 amide bonds. The minimum absolute atomic E-state index is 0.0685.